The number of aromatic nitrogens is 3. The topological polar surface area (TPSA) is 101 Å². The highest BCUT2D eigenvalue weighted by Gasteiger charge is 2.28. The van der Waals surface area contributed by atoms with Crippen molar-refractivity contribution in [2.45, 2.75) is 32.1 Å². The number of nitrogens with zero attached hydrogens (tertiary/aromatic N) is 3. The number of rotatable bonds is 12. The zero-order valence-electron chi connectivity index (χ0n) is 26.6. The summed E-state index contributed by atoms with van der Waals surface area (Å²) in [5.41, 5.74) is 5.00. The number of oxazole rings is 1. The van der Waals surface area contributed by atoms with Gasteiger partial charge in [0.25, 0.3) is 0 Å². The van der Waals surface area contributed by atoms with Crippen LogP contribution in [0.3, 0.4) is 0 Å². The molecule has 0 radical (unpaired) electrons. The number of ether oxygens (including phenoxy) is 3. The van der Waals surface area contributed by atoms with Gasteiger partial charge in [0.15, 0.2) is 0 Å². The SMILES string of the molecule is COc1ccc(CNc2cnnc3cc(-c4cc(Cl)c(OCCOS(C)(C)C(C)(C)C)cc4-c4ncco4)ccc23)c(OC)c1. The van der Waals surface area contributed by atoms with Gasteiger partial charge in [-0.2, -0.15) is 10.2 Å². The van der Waals surface area contributed by atoms with Crippen LogP contribution in [0.4, 0.5) is 5.69 Å². The first kappa shape index (κ1) is 32.4. The smallest absolute Gasteiger partial charge is 0.226 e. The molecule has 0 unspecified atom stereocenters. The van der Waals surface area contributed by atoms with Gasteiger partial charge in [-0.3, -0.25) is 0 Å². The number of benzene rings is 3. The fourth-order valence-corrected chi connectivity index (χ4v) is 5.62. The Kier molecular flexibility index (Phi) is 9.76. The molecule has 5 rings (SSSR count). The van der Waals surface area contributed by atoms with E-state index in [9.17, 15) is 0 Å². The van der Waals surface area contributed by atoms with Crippen LogP contribution in [0, 0.1) is 0 Å². The van der Waals surface area contributed by atoms with Gasteiger partial charge in [-0.15, -0.1) is 10.3 Å². The first-order valence-corrected chi connectivity index (χ1v) is 17.2. The summed E-state index contributed by atoms with van der Waals surface area (Å²) in [6.45, 7) is 7.92. The number of nitrogens with one attached hydrogen (secondary N) is 1. The van der Waals surface area contributed by atoms with Crippen molar-refractivity contribution >= 4 is 38.5 Å². The molecule has 9 nitrogen and oxygen atoms in total. The second-order valence-electron chi connectivity index (χ2n) is 11.7. The largest absolute Gasteiger partial charge is 0.497 e. The number of hydrogen-bond acceptors (Lipinski definition) is 9. The van der Waals surface area contributed by atoms with Crippen LogP contribution in [0.25, 0.3) is 33.5 Å². The summed E-state index contributed by atoms with van der Waals surface area (Å²) >= 11 is 6.77. The molecule has 0 bridgehead atoms. The maximum absolute atomic E-state index is 6.77. The molecule has 0 spiro atoms. The molecule has 0 aliphatic rings. The molecule has 238 valence electrons. The third kappa shape index (κ3) is 7.30. The van der Waals surface area contributed by atoms with Gasteiger partial charge in [0.05, 0.1) is 49.4 Å². The molecule has 0 atom stereocenters. The third-order valence-electron chi connectivity index (χ3n) is 7.84. The van der Waals surface area contributed by atoms with Crippen molar-refractivity contribution in [2.75, 3.05) is 45.3 Å². The number of anilines is 1. The van der Waals surface area contributed by atoms with Gasteiger partial charge in [-0.1, -0.05) is 38.4 Å². The molecule has 1 N–H and O–H groups in total. The highest BCUT2D eigenvalue weighted by Crippen LogP contribution is 2.53. The Balaban J connectivity index is 1.40. The fraction of sp³-hybridized carbons (Fsp3) is 0.324. The van der Waals surface area contributed by atoms with Crippen molar-refractivity contribution < 1.29 is 22.8 Å². The molecule has 3 aromatic carbocycles. The summed E-state index contributed by atoms with van der Waals surface area (Å²) < 4.78 is 29.0. The van der Waals surface area contributed by atoms with E-state index in [-0.39, 0.29) is 4.75 Å². The van der Waals surface area contributed by atoms with Gasteiger partial charge in [-0.25, -0.2) is 4.98 Å². The molecule has 0 aliphatic carbocycles. The molecule has 2 aromatic heterocycles. The van der Waals surface area contributed by atoms with E-state index >= 15 is 0 Å². The standard InChI is InChI=1S/C34H39ClN4O5S/c1-34(2,3)45(6,7)44-15-14-42-32-19-27(33-36-12-13-43-33)26(18-28(32)35)22-9-11-25-29(16-22)39-38-21-30(25)37-20-23-8-10-24(40-4)17-31(23)41-5/h8-13,16-19,21H,14-15,20H2,1-7H3,(H,37,39). The predicted molar refractivity (Wildman–Crippen MR) is 183 cm³/mol. The van der Waals surface area contributed by atoms with Gasteiger partial charge >= 0.3 is 0 Å². The third-order valence-corrected chi connectivity index (χ3v) is 11.8. The molecule has 11 heteroatoms. The van der Waals surface area contributed by atoms with E-state index in [2.05, 4.69) is 53.8 Å². The van der Waals surface area contributed by atoms with Crippen LogP contribution in [0.2, 0.25) is 5.02 Å². The zero-order valence-corrected chi connectivity index (χ0v) is 28.2. The van der Waals surface area contributed by atoms with E-state index < -0.39 is 10.3 Å². The van der Waals surface area contributed by atoms with Gasteiger partial charge in [0.1, 0.15) is 30.1 Å². The number of fused-ring (bicyclic) bond motifs is 1. The Morgan fingerprint density at radius 1 is 0.933 bits per heavy atom. The summed E-state index contributed by atoms with van der Waals surface area (Å²) in [7, 11) is 2.02. The molecule has 0 saturated heterocycles. The molecule has 2 heterocycles. The number of methoxy groups -OCH3 is 2. The number of hydrogen-bond donors (Lipinski definition) is 1. The second-order valence-corrected chi connectivity index (χ2v) is 16.0. The summed E-state index contributed by atoms with van der Waals surface area (Å²) in [5.74, 6) is 2.46. The molecule has 0 aliphatic heterocycles. The van der Waals surface area contributed by atoms with Gasteiger partial charge < -0.3 is 28.1 Å². The van der Waals surface area contributed by atoms with Crippen LogP contribution >= 0.6 is 21.9 Å². The average molecular weight is 651 g/mol. The quantitative estimate of drug-likeness (QED) is 0.133. The monoisotopic (exact) mass is 650 g/mol. The van der Waals surface area contributed by atoms with E-state index in [1.54, 1.807) is 32.9 Å². The predicted octanol–water partition coefficient (Wildman–Crippen LogP) is 8.41. The minimum absolute atomic E-state index is 0.0650. The lowest BCUT2D eigenvalue weighted by molar-refractivity contribution is 0.231. The van der Waals surface area contributed by atoms with Crippen LogP contribution < -0.4 is 19.5 Å². The van der Waals surface area contributed by atoms with E-state index in [4.69, 9.17) is 34.4 Å². The lowest BCUT2D eigenvalue weighted by Gasteiger charge is -2.43. The summed E-state index contributed by atoms with van der Waals surface area (Å²) in [6, 6.07) is 15.5. The maximum Gasteiger partial charge on any atom is 0.226 e. The molecule has 45 heavy (non-hydrogen) atoms. The van der Waals surface area contributed by atoms with Crippen molar-refractivity contribution in [1.29, 1.82) is 0 Å². The Morgan fingerprint density at radius 3 is 2.47 bits per heavy atom. The fourth-order valence-electron chi connectivity index (χ4n) is 4.56. The first-order chi connectivity index (χ1) is 21.5. The molecular weight excluding hydrogens is 612 g/mol. The Hall–Kier alpha value is -3.99. The Bertz CT molecular complexity index is 1770. The lowest BCUT2D eigenvalue weighted by Crippen LogP contribution is -2.26. The van der Waals surface area contributed by atoms with E-state index in [1.165, 1.54) is 0 Å². The maximum atomic E-state index is 6.77. The van der Waals surface area contributed by atoms with Crippen LogP contribution in [0.5, 0.6) is 17.2 Å². The Labute approximate surface area is 270 Å². The zero-order chi connectivity index (χ0) is 32.2. The molecule has 0 saturated carbocycles. The van der Waals surface area contributed by atoms with E-state index in [0.717, 1.165) is 50.3 Å². The highest BCUT2D eigenvalue weighted by atomic mass is 35.5. The lowest BCUT2D eigenvalue weighted by atomic mass is 9.97. The Morgan fingerprint density at radius 2 is 1.76 bits per heavy atom. The van der Waals surface area contributed by atoms with Crippen molar-refractivity contribution in [1.82, 2.24) is 15.2 Å². The molecule has 0 amide bonds. The van der Waals surface area contributed by atoms with Crippen molar-refractivity contribution in [3.8, 4) is 39.8 Å². The number of halogens is 1. The van der Waals surface area contributed by atoms with Crippen LogP contribution in [0.15, 0.2) is 71.6 Å². The van der Waals surface area contributed by atoms with Crippen molar-refractivity contribution in [2.24, 2.45) is 0 Å². The first-order valence-electron chi connectivity index (χ1n) is 14.4. The molecule has 5 aromatic rings. The van der Waals surface area contributed by atoms with Crippen molar-refractivity contribution in [3.05, 3.63) is 77.8 Å². The van der Waals surface area contributed by atoms with E-state index in [0.29, 0.717) is 36.4 Å². The second kappa shape index (κ2) is 13.6. The van der Waals surface area contributed by atoms with E-state index in [1.807, 2.05) is 48.5 Å². The summed E-state index contributed by atoms with van der Waals surface area (Å²) in [5, 5.41) is 13.5. The summed E-state index contributed by atoms with van der Waals surface area (Å²) in [6.07, 6.45) is 9.20. The summed E-state index contributed by atoms with van der Waals surface area (Å²) in [4.78, 5) is 4.41. The minimum atomic E-state index is -1.26. The van der Waals surface area contributed by atoms with Crippen molar-refractivity contribution in [3.63, 3.8) is 0 Å². The average Bonchev–Trinajstić information content (AvgIpc) is 3.56. The van der Waals surface area contributed by atoms with Crippen LogP contribution in [0.1, 0.15) is 26.3 Å². The van der Waals surface area contributed by atoms with Gasteiger partial charge in [0.2, 0.25) is 5.89 Å². The van der Waals surface area contributed by atoms with Crippen LogP contribution in [-0.2, 0) is 10.7 Å². The van der Waals surface area contributed by atoms with Gasteiger partial charge in [0, 0.05) is 33.9 Å². The normalized spacial score (nSPS) is 12.3. The molecule has 0 fully saturated rings. The minimum Gasteiger partial charge on any atom is -0.497 e. The van der Waals surface area contributed by atoms with Crippen LogP contribution in [-0.4, -0.2) is 59.9 Å². The van der Waals surface area contributed by atoms with Gasteiger partial charge in [-0.05, 0) is 60.0 Å². The molecular formula is C34H39ClN4O5S. The highest BCUT2D eigenvalue weighted by molar-refractivity contribution is 8.29.